The van der Waals surface area contributed by atoms with Crippen LogP contribution >= 0.6 is 0 Å². The number of esters is 2. The Morgan fingerprint density at radius 3 is 2.25 bits per heavy atom. The summed E-state index contributed by atoms with van der Waals surface area (Å²) in [7, 11) is 0. The number of carbonyl (C=O) groups is 2. The molecule has 0 radical (unpaired) electrons. The molecule has 2 atom stereocenters. The highest BCUT2D eigenvalue weighted by Crippen LogP contribution is 2.18. The first-order valence-electron chi connectivity index (χ1n) is 7.10. The first-order valence-corrected chi connectivity index (χ1v) is 7.10. The lowest BCUT2D eigenvalue weighted by atomic mass is 9.96. The molecule has 3 N–H and O–H groups in total. The maximum absolute atomic E-state index is 11.9. The zero-order chi connectivity index (χ0) is 15.3. The van der Waals surface area contributed by atoms with Crippen LogP contribution in [-0.2, 0) is 19.1 Å². The Bertz CT molecular complexity index is 346. The zero-order valence-electron chi connectivity index (χ0n) is 12.8. The van der Waals surface area contributed by atoms with Crippen LogP contribution in [0.25, 0.3) is 0 Å². The minimum atomic E-state index is -0.956. The van der Waals surface area contributed by atoms with Crippen LogP contribution in [0.2, 0.25) is 0 Å². The van der Waals surface area contributed by atoms with E-state index in [1.807, 2.05) is 0 Å². The predicted molar refractivity (Wildman–Crippen MR) is 74.7 cm³/mol. The fourth-order valence-corrected chi connectivity index (χ4v) is 1.99. The van der Waals surface area contributed by atoms with Gasteiger partial charge in [0.2, 0.25) is 0 Å². The summed E-state index contributed by atoms with van der Waals surface area (Å²) in [5.41, 5.74) is 5.27. The van der Waals surface area contributed by atoms with Gasteiger partial charge < -0.3 is 14.8 Å². The van der Waals surface area contributed by atoms with E-state index in [1.165, 1.54) is 6.92 Å². The van der Waals surface area contributed by atoms with Crippen molar-refractivity contribution in [3.05, 3.63) is 0 Å². The minimum Gasteiger partial charge on any atom is -0.459 e. The third kappa shape index (κ3) is 5.46. The van der Waals surface area contributed by atoms with Gasteiger partial charge in [0.1, 0.15) is 5.60 Å². The van der Waals surface area contributed by atoms with Gasteiger partial charge in [-0.2, -0.15) is 0 Å². The van der Waals surface area contributed by atoms with E-state index in [4.69, 9.17) is 15.2 Å². The van der Waals surface area contributed by atoms with Crippen molar-refractivity contribution < 1.29 is 19.1 Å². The highest BCUT2D eigenvalue weighted by molar-refractivity contribution is 5.94. The van der Waals surface area contributed by atoms with Crippen LogP contribution in [0.1, 0.15) is 40.5 Å². The third-order valence-corrected chi connectivity index (χ3v) is 3.21. The number of nitrogens with one attached hydrogen (secondary N) is 1. The minimum absolute atomic E-state index is 0.144. The molecule has 0 spiro atoms. The van der Waals surface area contributed by atoms with Crippen LogP contribution < -0.4 is 11.1 Å². The number of nitrogens with two attached hydrogens (primary N) is 1. The van der Waals surface area contributed by atoms with Gasteiger partial charge in [-0.25, -0.2) is 0 Å². The molecular weight excluding hydrogens is 260 g/mol. The van der Waals surface area contributed by atoms with Gasteiger partial charge in [-0.1, -0.05) is 0 Å². The van der Waals surface area contributed by atoms with E-state index in [2.05, 4.69) is 5.32 Å². The number of hydrogen-bond acceptors (Lipinski definition) is 6. The molecule has 1 heterocycles. The molecule has 1 saturated heterocycles. The van der Waals surface area contributed by atoms with Crippen molar-refractivity contribution >= 4 is 11.9 Å². The van der Waals surface area contributed by atoms with Gasteiger partial charge in [0.05, 0.1) is 0 Å². The largest absolute Gasteiger partial charge is 0.459 e. The second kappa shape index (κ2) is 7.04. The second-order valence-electron chi connectivity index (χ2n) is 6.24. The van der Waals surface area contributed by atoms with E-state index < -0.39 is 29.7 Å². The Hall–Kier alpha value is -1.14. The number of hydrogen-bond donors (Lipinski definition) is 2. The van der Waals surface area contributed by atoms with Crippen LogP contribution in [-0.4, -0.2) is 36.9 Å². The van der Waals surface area contributed by atoms with Crippen LogP contribution in [0.15, 0.2) is 0 Å². The van der Waals surface area contributed by atoms with Crippen molar-refractivity contribution in [2.45, 2.75) is 52.4 Å². The molecule has 0 aliphatic carbocycles. The highest BCUT2D eigenvalue weighted by atomic mass is 16.6. The molecule has 2 unspecified atom stereocenters. The van der Waals surface area contributed by atoms with Crippen LogP contribution in [0.5, 0.6) is 0 Å². The van der Waals surface area contributed by atoms with E-state index in [1.54, 1.807) is 20.8 Å². The van der Waals surface area contributed by atoms with Gasteiger partial charge >= 0.3 is 11.9 Å². The van der Waals surface area contributed by atoms with E-state index in [9.17, 15) is 9.59 Å². The molecule has 1 aliphatic heterocycles. The van der Waals surface area contributed by atoms with Crippen molar-refractivity contribution in [3.8, 4) is 0 Å². The Morgan fingerprint density at radius 2 is 1.75 bits per heavy atom. The van der Waals surface area contributed by atoms with Crippen molar-refractivity contribution in [2.75, 3.05) is 13.1 Å². The molecule has 0 aromatic heterocycles. The second-order valence-corrected chi connectivity index (χ2v) is 6.24. The normalized spacial score (nSPS) is 20.1. The van der Waals surface area contributed by atoms with E-state index in [-0.39, 0.29) is 5.92 Å². The summed E-state index contributed by atoms with van der Waals surface area (Å²) >= 11 is 0. The molecule has 1 rings (SSSR count). The number of piperidine rings is 1. The molecule has 0 bridgehead atoms. The summed E-state index contributed by atoms with van der Waals surface area (Å²) in [5, 5.41) is 3.22. The van der Waals surface area contributed by atoms with Gasteiger partial charge in [-0.15, -0.1) is 0 Å². The van der Waals surface area contributed by atoms with Crippen LogP contribution in [0.3, 0.4) is 0 Å². The molecular formula is C14H26N2O4. The Morgan fingerprint density at radius 1 is 1.20 bits per heavy atom. The molecule has 116 valence electrons. The lowest BCUT2D eigenvalue weighted by molar-refractivity contribution is -0.171. The van der Waals surface area contributed by atoms with E-state index in [0.717, 1.165) is 25.9 Å². The van der Waals surface area contributed by atoms with Gasteiger partial charge in [0.15, 0.2) is 12.1 Å². The number of carbonyl (C=O) groups excluding carboxylic acids is 2. The fraction of sp³-hybridized carbons (Fsp3) is 0.857. The van der Waals surface area contributed by atoms with Gasteiger partial charge in [0, 0.05) is 5.92 Å². The summed E-state index contributed by atoms with van der Waals surface area (Å²) in [6, 6.07) is 0. The van der Waals surface area contributed by atoms with Crippen LogP contribution in [0, 0.1) is 11.8 Å². The average molecular weight is 286 g/mol. The zero-order valence-corrected chi connectivity index (χ0v) is 12.8. The maximum Gasteiger partial charge on any atom is 0.321 e. The van der Waals surface area contributed by atoms with E-state index >= 15 is 0 Å². The lowest BCUT2D eigenvalue weighted by Crippen LogP contribution is -2.43. The SMILES string of the molecule is CC(C(=O)OC(N)C1CCNCC1)C(=O)OC(C)(C)C. The standard InChI is InChI=1S/C14H26N2O4/c1-9(13(18)20-14(2,3)4)12(17)19-11(15)10-5-7-16-8-6-10/h9-11,16H,5-8,15H2,1-4H3. The maximum atomic E-state index is 11.9. The van der Waals surface area contributed by atoms with Crippen molar-refractivity contribution in [3.63, 3.8) is 0 Å². The predicted octanol–water partition coefficient (Wildman–Crippen LogP) is 0.792. The van der Waals surface area contributed by atoms with Crippen molar-refractivity contribution in [2.24, 2.45) is 17.6 Å². The first kappa shape index (κ1) is 16.9. The molecule has 1 aliphatic rings. The Labute approximate surface area is 120 Å². The summed E-state index contributed by atoms with van der Waals surface area (Å²) in [6.45, 7) is 8.48. The smallest absolute Gasteiger partial charge is 0.321 e. The van der Waals surface area contributed by atoms with Gasteiger partial charge in [-0.05, 0) is 53.6 Å². The number of ether oxygens (including phenoxy) is 2. The van der Waals surface area contributed by atoms with Crippen molar-refractivity contribution in [1.82, 2.24) is 5.32 Å². The molecule has 0 saturated carbocycles. The molecule has 0 amide bonds. The average Bonchev–Trinajstić information content (AvgIpc) is 2.36. The quantitative estimate of drug-likeness (QED) is 0.451. The highest BCUT2D eigenvalue weighted by Gasteiger charge is 2.31. The van der Waals surface area contributed by atoms with Crippen LogP contribution in [0.4, 0.5) is 0 Å². The Balaban J connectivity index is 2.46. The van der Waals surface area contributed by atoms with E-state index in [0.29, 0.717) is 0 Å². The van der Waals surface area contributed by atoms with Gasteiger partial charge in [0.25, 0.3) is 0 Å². The Kier molecular flexibility index (Phi) is 5.95. The topological polar surface area (TPSA) is 90.6 Å². The summed E-state index contributed by atoms with van der Waals surface area (Å²) in [5.74, 6) is -2.02. The summed E-state index contributed by atoms with van der Waals surface area (Å²) in [4.78, 5) is 23.7. The molecule has 6 heteroatoms. The molecule has 0 aromatic carbocycles. The number of rotatable bonds is 4. The summed E-state index contributed by atoms with van der Waals surface area (Å²) < 4.78 is 10.4. The molecule has 1 fully saturated rings. The lowest BCUT2D eigenvalue weighted by Gasteiger charge is -2.28. The first-order chi connectivity index (χ1) is 9.20. The van der Waals surface area contributed by atoms with Gasteiger partial charge in [-0.3, -0.25) is 15.3 Å². The third-order valence-electron chi connectivity index (χ3n) is 3.21. The summed E-state index contributed by atoms with van der Waals surface area (Å²) in [6.07, 6.45) is 1.08. The molecule has 0 aromatic rings. The van der Waals surface area contributed by atoms with Crippen molar-refractivity contribution in [1.29, 1.82) is 0 Å². The fourth-order valence-electron chi connectivity index (χ4n) is 1.99. The molecule has 20 heavy (non-hydrogen) atoms. The monoisotopic (exact) mass is 286 g/mol. The molecule has 6 nitrogen and oxygen atoms in total.